The Morgan fingerprint density at radius 3 is 2.50 bits per heavy atom. The summed E-state index contributed by atoms with van der Waals surface area (Å²) in [7, 11) is 0. The number of hydrogen-bond donors (Lipinski definition) is 1. The van der Waals surface area contributed by atoms with Crippen molar-refractivity contribution in [3.05, 3.63) is 24.0 Å². The van der Waals surface area contributed by atoms with Crippen molar-refractivity contribution in [1.82, 2.24) is 9.88 Å². The fourth-order valence-electron chi connectivity index (χ4n) is 2.07. The number of anilines is 1. The molecule has 0 radical (unpaired) electrons. The molecule has 1 aromatic rings. The van der Waals surface area contributed by atoms with Gasteiger partial charge < -0.3 is 10.2 Å². The maximum absolute atomic E-state index is 12.3. The van der Waals surface area contributed by atoms with Crippen molar-refractivity contribution >= 4 is 11.6 Å². The minimum absolute atomic E-state index is 0.00477. The van der Waals surface area contributed by atoms with Crippen LogP contribution in [-0.4, -0.2) is 34.9 Å². The van der Waals surface area contributed by atoms with E-state index in [2.05, 4.69) is 31.1 Å². The summed E-state index contributed by atoms with van der Waals surface area (Å²) in [5.74, 6) is 0.583. The molecule has 4 nitrogen and oxygen atoms in total. The van der Waals surface area contributed by atoms with Gasteiger partial charge in [0.15, 0.2) is 0 Å². The molecule has 1 heterocycles. The third-order valence-corrected chi connectivity index (χ3v) is 3.92. The summed E-state index contributed by atoms with van der Waals surface area (Å²) in [6.07, 6.45) is 2.83. The van der Waals surface area contributed by atoms with E-state index in [9.17, 15) is 4.79 Å². The fourth-order valence-corrected chi connectivity index (χ4v) is 2.07. The molecule has 1 aromatic heterocycles. The Morgan fingerprint density at radius 2 is 1.95 bits per heavy atom. The van der Waals surface area contributed by atoms with Crippen LogP contribution in [0.2, 0.25) is 0 Å². The molecule has 112 valence electrons. The minimum atomic E-state index is -0.00477. The summed E-state index contributed by atoms with van der Waals surface area (Å²) in [6.45, 7) is 11.9. The average Bonchev–Trinajstić information content (AvgIpc) is 2.47. The summed E-state index contributed by atoms with van der Waals surface area (Å²) in [6, 6.07) is 4.14. The highest BCUT2D eigenvalue weighted by Crippen LogP contribution is 2.16. The number of nitrogens with zero attached hydrogens (tertiary/aromatic N) is 2. The smallest absolute Gasteiger partial charge is 0.272 e. The minimum Gasteiger partial charge on any atom is -0.382 e. The molecular formula is C16H27N3O. The molecule has 0 saturated heterocycles. The lowest BCUT2D eigenvalue weighted by Gasteiger charge is -2.22. The summed E-state index contributed by atoms with van der Waals surface area (Å²) in [5.41, 5.74) is 1.47. The van der Waals surface area contributed by atoms with E-state index in [0.29, 0.717) is 30.7 Å². The number of aromatic nitrogens is 1. The maximum atomic E-state index is 12.3. The Kier molecular flexibility index (Phi) is 6.49. The maximum Gasteiger partial charge on any atom is 0.272 e. The van der Waals surface area contributed by atoms with Gasteiger partial charge in [0, 0.05) is 31.0 Å². The van der Waals surface area contributed by atoms with E-state index in [-0.39, 0.29) is 5.91 Å². The molecule has 0 spiro atoms. The predicted octanol–water partition coefficient (Wildman–Crippen LogP) is 3.41. The van der Waals surface area contributed by atoms with Crippen LogP contribution < -0.4 is 5.32 Å². The van der Waals surface area contributed by atoms with Crippen molar-refractivity contribution in [2.24, 2.45) is 5.92 Å². The lowest BCUT2D eigenvalue weighted by molar-refractivity contribution is 0.0767. The molecule has 4 heteroatoms. The topological polar surface area (TPSA) is 45.2 Å². The van der Waals surface area contributed by atoms with Crippen molar-refractivity contribution in [2.45, 2.75) is 47.1 Å². The molecule has 0 aromatic carbocycles. The van der Waals surface area contributed by atoms with Gasteiger partial charge in [-0.2, -0.15) is 0 Å². The SMILES string of the molecule is CCC(C)C(C)Nc1ccnc(C(=O)N(CC)CC)c1. The first kappa shape index (κ1) is 16.5. The van der Waals surface area contributed by atoms with E-state index < -0.39 is 0 Å². The normalized spacial score (nSPS) is 13.7. The second-order valence-corrected chi connectivity index (χ2v) is 5.23. The van der Waals surface area contributed by atoms with Crippen LogP contribution in [0.4, 0.5) is 5.69 Å². The second-order valence-electron chi connectivity index (χ2n) is 5.23. The molecule has 0 aliphatic carbocycles. The van der Waals surface area contributed by atoms with Crippen LogP contribution in [0.5, 0.6) is 0 Å². The Balaban J connectivity index is 2.83. The molecule has 0 fully saturated rings. The van der Waals surface area contributed by atoms with Gasteiger partial charge in [0.25, 0.3) is 5.91 Å². The van der Waals surface area contributed by atoms with Crippen LogP contribution in [0, 0.1) is 5.92 Å². The standard InChI is InChI=1S/C16H27N3O/c1-6-12(4)13(5)18-14-9-10-17-15(11-14)16(20)19(7-2)8-3/h9-13H,6-8H2,1-5H3,(H,17,18). The van der Waals surface area contributed by atoms with E-state index in [0.717, 1.165) is 12.1 Å². The Hall–Kier alpha value is -1.58. The highest BCUT2D eigenvalue weighted by atomic mass is 16.2. The molecule has 1 amide bonds. The highest BCUT2D eigenvalue weighted by molar-refractivity contribution is 5.93. The van der Waals surface area contributed by atoms with Gasteiger partial charge in [-0.15, -0.1) is 0 Å². The average molecular weight is 277 g/mol. The van der Waals surface area contributed by atoms with Gasteiger partial charge in [-0.05, 0) is 38.8 Å². The number of rotatable bonds is 7. The largest absolute Gasteiger partial charge is 0.382 e. The molecule has 2 atom stereocenters. The van der Waals surface area contributed by atoms with Crippen LogP contribution in [0.15, 0.2) is 18.3 Å². The molecule has 0 bridgehead atoms. The molecular weight excluding hydrogens is 250 g/mol. The Morgan fingerprint density at radius 1 is 1.30 bits per heavy atom. The third-order valence-electron chi connectivity index (χ3n) is 3.92. The summed E-state index contributed by atoms with van der Waals surface area (Å²) in [5, 5.41) is 3.45. The highest BCUT2D eigenvalue weighted by Gasteiger charge is 2.15. The molecule has 0 aliphatic heterocycles. The number of carbonyl (C=O) groups excluding carboxylic acids is 1. The van der Waals surface area contributed by atoms with Crippen LogP contribution in [0.25, 0.3) is 0 Å². The first-order valence-corrected chi connectivity index (χ1v) is 7.55. The van der Waals surface area contributed by atoms with Gasteiger partial charge in [0.05, 0.1) is 0 Å². The first-order chi connectivity index (χ1) is 9.53. The Labute approximate surface area is 122 Å². The van der Waals surface area contributed by atoms with Crippen molar-refractivity contribution in [3.63, 3.8) is 0 Å². The number of amides is 1. The van der Waals surface area contributed by atoms with Crippen molar-refractivity contribution < 1.29 is 4.79 Å². The van der Waals surface area contributed by atoms with Crippen molar-refractivity contribution in [1.29, 1.82) is 0 Å². The van der Waals surface area contributed by atoms with E-state index in [4.69, 9.17) is 0 Å². The number of hydrogen-bond acceptors (Lipinski definition) is 3. The first-order valence-electron chi connectivity index (χ1n) is 7.55. The van der Waals surface area contributed by atoms with Gasteiger partial charge in [0.2, 0.25) is 0 Å². The monoisotopic (exact) mass is 277 g/mol. The number of pyridine rings is 1. The zero-order valence-electron chi connectivity index (χ0n) is 13.3. The van der Waals surface area contributed by atoms with Gasteiger partial charge in [-0.3, -0.25) is 9.78 Å². The van der Waals surface area contributed by atoms with Gasteiger partial charge in [-0.1, -0.05) is 20.3 Å². The number of carbonyl (C=O) groups is 1. The number of nitrogens with one attached hydrogen (secondary N) is 1. The van der Waals surface area contributed by atoms with E-state index in [1.807, 2.05) is 26.0 Å². The van der Waals surface area contributed by atoms with Crippen LogP contribution in [0.1, 0.15) is 51.5 Å². The zero-order valence-corrected chi connectivity index (χ0v) is 13.3. The van der Waals surface area contributed by atoms with E-state index in [1.165, 1.54) is 0 Å². The quantitative estimate of drug-likeness (QED) is 0.830. The lowest BCUT2D eigenvalue weighted by atomic mass is 10.0. The van der Waals surface area contributed by atoms with Crippen molar-refractivity contribution in [2.75, 3.05) is 18.4 Å². The molecule has 0 aliphatic rings. The predicted molar refractivity (Wildman–Crippen MR) is 84.0 cm³/mol. The van der Waals surface area contributed by atoms with E-state index >= 15 is 0 Å². The van der Waals surface area contributed by atoms with Crippen LogP contribution >= 0.6 is 0 Å². The molecule has 0 saturated carbocycles. The fraction of sp³-hybridized carbons (Fsp3) is 0.625. The van der Waals surface area contributed by atoms with E-state index in [1.54, 1.807) is 11.1 Å². The zero-order chi connectivity index (χ0) is 15.1. The second kappa shape index (κ2) is 7.88. The van der Waals surface area contributed by atoms with Crippen molar-refractivity contribution in [3.8, 4) is 0 Å². The molecule has 1 N–H and O–H groups in total. The van der Waals surface area contributed by atoms with Gasteiger partial charge in [0.1, 0.15) is 5.69 Å². The van der Waals surface area contributed by atoms with Crippen LogP contribution in [0.3, 0.4) is 0 Å². The summed E-state index contributed by atoms with van der Waals surface area (Å²) in [4.78, 5) is 18.2. The third kappa shape index (κ3) is 4.22. The van der Waals surface area contributed by atoms with Crippen LogP contribution in [-0.2, 0) is 0 Å². The summed E-state index contributed by atoms with van der Waals surface area (Å²) < 4.78 is 0. The summed E-state index contributed by atoms with van der Waals surface area (Å²) >= 11 is 0. The molecule has 1 rings (SSSR count). The Bertz CT molecular complexity index is 429. The molecule has 2 unspecified atom stereocenters. The lowest BCUT2D eigenvalue weighted by Crippen LogP contribution is -2.31. The molecule has 20 heavy (non-hydrogen) atoms. The van der Waals surface area contributed by atoms with Gasteiger partial charge >= 0.3 is 0 Å². The van der Waals surface area contributed by atoms with Gasteiger partial charge in [-0.25, -0.2) is 0 Å².